The van der Waals surface area contributed by atoms with Gasteiger partial charge in [0, 0.05) is 0 Å². The molecule has 0 atom stereocenters. The Bertz CT molecular complexity index is 75.5. The molecule has 0 aliphatic rings. The van der Waals surface area contributed by atoms with Crippen LogP contribution in [0.3, 0.4) is 0 Å². The molecule has 2 radical (unpaired) electrons. The molecule has 31 heteroatoms. The van der Waals surface area contributed by atoms with E-state index >= 15 is 0 Å². The molecule has 0 aromatic rings. The van der Waals surface area contributed by atoms with Crippen molar-refractivity contribution in [2.45, 2.75) is 0 Å². The second-order valence-corrected chi connectivity index (χ2v) is 0. The van der Waals surface area contributed by atoms with Gasteiger partial charge in [-0.25, -0.2) is 0 Å². The molecule has 0 aromatic heterocycles. The van der Waals surface area contributed by atoms with E-state index in [1.54, 1.807) is 0 Å². The van der Waals surface area contributed by atoms with Crippen LogP contribution in [0.25, 0.3) is 0 Å². The van der Waals surface area contributed by atoms with Crippen LogP contribution in [0.5, 0.6) is 0 Å². The van der Waals surface area contributed by atoms with Crippen molar-refractivity contribution in [3.8, 4) is 0 Å². The second-order valence-electron chi connectivity index (χ2n) is 0. The van der Waals surface area contributed by atoms with Crippen molar-refractivity contribution >= 4 is 426 Å². The van der Waals surface area contributed by atoms with Crippen molar-refractivity contribution in [2.75, 3.05) is 0 Å². The van der Waals surface area contributed by atoms with Crippen LogP contribution in [0.15, 0.2) is 0 Å². The van der Waals surface area contributed by atoms with Gasteiger partial charge in [0.15, 0.2) is 0 Å². The molecule has 0 aliphatic carbocycles. The minimum atomic E-state index is 0. The van der Waals surface area contributed by atoms with Gasteiger partial charge in [0.2, 0.25) is 0 Å². The van der Waals surface area contributed by atoms with E-state index in [1.165, 1.54) is 0 Å². The fourth-order valence-corrected chi connectivity index (χ4v) is 0. The zero-order chi connectivity index (χ0) is 26.0. The third-order valence-corrected chi connectivity index (χ3v) is 0. The first-order valence-corrected chi connectivity index (χ1v) is 64.1. The molecule has 0 unspecified atom stereocenters. The summed E-state index contributed by atoms with van der Waals surface area (Å²) >= 11 is 61.8. The molecule has 31 heavy (non-hydrogen) atoms. The van der Waals surface area contributed by atoms with Gasteiger partial charge >= 0.3 is 461 Å². The normalized spacial score (nSPS) is 2.10. The Hall–Kier alpha value is 16.9. The molecule has 0 heterocycles. The number of hydrogen-bond acceptors (Lipinski definition) is 0. The molecule has 0 saturated heterocycles. The summed E-state index contributed by atoms with van der Waals surface area (Å²) in [4.78, 5) is 0. The molecule has 0 saturated carbocycles. The van der Waals surface area contributed by atoms with Crippen LogP contribution in [-0.2, 0) is 34.1 Å². The van der Waals surface area contributed by atoms with Crippen molar-refractivity contribution in [2.24, 2.45) is 0 Å². The van der Waals surface area contributed by atoms with Gasteiger partial charge in [-0.05, 0) is 0 Å². The summed E-state index contributed by atoms with van der Waals surface area (Å²) in [5, 5.41) is 0. The predicted octanol–water partition coefficient (Wildman–Crippen LogP) is -14.5. The molecule has 0 N–H and O–H groups in total. The summed E-state index contributed by atoms with van der Waals surface area (Å²) in [5.74, 6) is 0. The summed E-state index contributed by atoms with van der Waals surface area (Å²) in [6.07, 6.45) is 0. The molecule has 0 nitrogen and oxygen atoms in total. The Morgan fingerprint density at radius 2 is 0.194 bits per heavy atom. The average Bonchev–Trinajstić information content (AvgIpc) is 2.90. The number of hydrogen-bond donors (Lipinski definition) is 0. The predicted molar refractivity (Wildman–Crippen MR) is 185 cm³/mol. The summed E-state index contributed by atoms with van der Waals surface area (Å²) in [6.45, 7) is 0. The molecule has 0 spiro atoms. The van der Waals surface area contributed by atoms with E-state index in [1.807, 2.05) is 0 Å². The molecular weight excluding hydrogens is 2480 g/mol. The summed E-state index contributed by atoms with van der Waals surface area (Å²) in [7, 11) is 0. The van der Waals surface area contributed by atoms with Crippen LogP contribution in [-0.4, -0.2) is 426 Å². The molecule has 0 bridgehead atoms. The SMILES string of the molecule is [Cu+2].[Cu+2].[Ga+3].[In+3].[In+3].[Se]=[SeH-].[Se]=[SeH-].[Se]=[SeH-].[Se]=[SeH-].[Se]=[SeH-].[Se]=[SeH-].[Se]=[SeH-].[Se]=[SeH-].[Se]=[SeH-].[Se]=[SeH-].[Se]=[SeH-].[Se]=[SeH-].[Se]=[SeH-]. The first-order valence-electron chi connectivity index (χ1n) is 2.37. The summed E-state index contributed by atoms with van der Waals surface area (Å²) in [5.41, 5.74) is 0. The molecule has 0 fully saturated rings. The standard InChI is InChI=1S/2Cu.Ga.2In.13HSe2/c;;;;;13*1-2/h;;;;;13*1H/q2*+2;3*+3;13*-1. The fourth-order valence-electron chi connectivity index (χ4n) is 0. The third kappa shape index (κ3) is 331. The van der Waals surface area contributed by atoms with Crippen LogP contribution in [0.2, 0.25) is 0 Å². The second kappa shape index (κ2) is 346. The van der Waals surface area contributed by atoms with Crippen molar-refractivity contribution in [1.82, 2.24) is 0 Å². The van der Waals surface area contributed by atoms with E-state index in [-0.39, 0.29) is 106 Å². The maximum absolute atomic E-state index is 2.56. The van der Waals surface area contributed by atoms with E-state index in [4.69, 9.17) is 0 Å². The van der Waals surface area contributed by atoms with Gasteiger partial charge in [-0.2, -0.15) is 0 Å². The molecule has 0 rings (SSSR count). The van der Waals surface area contributed by atoms with Gasteiger partial charge in [-0.3, -0.25) is 0 Å². The van der Waals surface area contributed by atoms with Gasteiger partial charge in [-0.15, -0.1) is 0 Å². The number of rotatable bonds is 0. The fraction of sp³-hybridized carbons (Fsp3) is 0. The van der Waals surface area contributed by atoms with Gasteiger partial charge in [0.1, 0.15) is 0 Å². The van der Waals surface area contributed by atoms with Crippen molar-refractivity contribution < 1.29 is 34.1 Å². The van der Waals surface area contributed by atoms with Gasteiger partial charge < -0.3 is 0 Å². The molecule has 0 amide bonds. The topological polar surface area (TPSA) is 0 Å². The van der Waals surface area contributed by atoms with Crippen LogP contribution < -0.4 is 0 Å². The van der Waals surface area contributed by atoms with E-state index in [9.17, 15) is 0 Å². The van der Waals surface area contributed by atoms with Gasteiger partial charge in [-0.1, -0.05) is 0 Å². The van der Waals surface area contributed by atoms with Crippen LogP contribution >= 0.6 is 0 Å². The van der Waals surface area contributed by atoms with E-state index < -0.39 is 0 Å². The van der Waals surface area contributed by atoms with Gasteiger partial charge in [0.05, 0.1) is 0 Å². The molecular formula is H13Cu2GaIn2Se26. The van der Waals surface area contributed by atoms with Crippen molar-refractivity contribution in [3.05, 3.63) is 0 Å². The Morgan fingerprint density at radius 3 is 0.194 bits per heavy atom. The van der Waals surface area contributed by atoms with E-state index in [0.717, 1.165) is 0 Å². The Labute approximate surface area is 446 Å². The monoisotopic (exact) mass is 2520 g/mol. The zero-order valence-corrected chi connectivity index (χ0v) is 71.0. The van der Waals surface area contributed by atoms with Gasteiger partial charge in [0.25, 0.3) is 0 Å². The van der Waals surface area contributed by atoms with Crippen LogP contribution in [0.1, 0.15) is 0 Å². The third-order valence-electron chi connectivity index (χ3n) is 0. The molecule has 0 aliphatic heterocycles. The Kier molecular flexibility index (Phi) is 1310. The van der Waals surface area contributed by atoms with Crippen molar-refractivity contribution in [3.63, 3.8) is 0 Å². The van der Waals surface area contributed by atoms with Crippen LogP contribution in [0.4, 0.5) is 0 Å². The average molecular weight is 2490 g/mol. The Morgan fingerprint density at radius 1 is 0.194 bits per heavy atom. The quantitative estimate of drug-likeness (QED) is 0.212. The maximum atomic E-state index is 2.56. The minimum absolute atomic E-state index is 0. The zero-order valence-electron chi connectivity index (χ0n) is 13.5. The van der Waals surface area contributed by atoms with Crippen molar-refractivity contribution in [1.29, 1.82) is 0 Å². The summed E-state index contributed by atoms with van der Waals surface area (Å²) < 4.78 is 0. The molecule has 200 valence electrons. The first-order chi connectivity index (χ1) is 13.0. The Balaban J connectivity index is -0.00000000364. The van der Waals surface area contributed by atoms with Crippen LogP contribution in [0, 0.1) is 0 Å². The van der Waals surface area contributed by atoms with E-state index in [2.05, 4.69) is 355 Å². The van der Waals surface area contributed by atoms with E-state index in [0.29, 0.717) is 0 Å². The molecule has 0 aromatic carbocycles. The first kappa shape index (κ1) is 118. The summed E-state index contributed by atoms with van der Waals surface area (Å²) in [6, 6.07) is 0.